The van der Waals surface area contributed by atoms with Crippen LogP contribution >= 0.6 is 0 Å². The van der Waals surface area contributed by atoms with Gasteiger partial charge in [-0.05, 0) is 18.1 Å². The van der Waals surface area contributed by atoms with Crippen molar-refractivity contribution >= 4 is 11.6 Å². The predicted octanol–water partition coefficient (Wildman–Crippen LogP) is 1.23. The molecule has 94 valence electrons. The molecule has 1 aromatic carbocycles. The van der Waals surface area contributed by atoms with Crippen molar-refractivity contribution in [3.05, 3.63) is 30.3 Å². The molecule has 1 rings (SSSR count). The van der Waals surface area contributed by atoms with E-state index in [9.17, 15) is 4.79 Å². The fourth-order valence-corrected chi connectivity index (χ4v) is 1.46. The SMILES string of the molecule is CC(C)[C@@H](CO)NCC(=O)Nc1ccccc1. The number of aliphatic hydroxyl groups excluding tert-OH is 1. The minimum Gasteiger partial charge on any atom is -0.395 e. The highest BCUT2D eigenvalue weighted by atomic mass is 16.3. The first kappa shape index (κ1) is 13.7. The Hall–Kier alpha value is -1.39. The Kier molecular flexibility index (Phi) is 5.66. The second kappa shape index (κ2) is 7.04. The fourth-order valence-electron chi connectivity index (χ4n) is 1.46. The molecule has 0 spiro atoms. The van der Waals surface area contributed by atoms with Gasteiger partial charge in [0.1, 0.15) is 0 Å². The Morgan fingerprint density at radius 1 is 1.29 bits per heavy atom. The van der Waals surface area contributed by atoms with Crippen LogP contribution in [0.15, 0.2) is 30.3 Å². The van der Waals surface area contributed by atoms with Crippen molar-refractivity contribution in [3.63, 3.8) is 0 Å². The first-order chi connectivity index (χ1) is 8.13. The number of carbonyl (C=O) groups excluding carboxylic acids is 1. The number of rotatable bonds is 6. The third kappa shape index (κ3) is 4.97. The lowest BCUT2D eigenvalue weighted by Crippen LogP contribution is -2.41. The summed E-state index contributed by atoms with van der Waals surface area (Å²) in [5, 5.41) is 14.9. The number of hydrogen-bond acceptors (Lipinski definition) is 3. The molecule has 0 saturated heterocycles. The molecule has 0 unspecified atom stereocenters. The number of nitrogens with one attached hydrogen (secondary N) is 2. The molecule has 0 aliphatic carbocycles. The van der Waals surface area contributed by atoms with Crippen molar-refractivity contribution in [3.8, 4) is 0 Å². The van der Waals surface area contributed by atoms with Gasteiger partial charge in [0.25, 0.3) is 0 Å². The molecule has 1 amide bonds. The normalized spacial score (nSPS) is 12.5. The molecule has 0 bridgehead atoms. The number of amides is 1. The lowest BCUT2D eigenvalue weighted by atomic mass is 10.1. The van der Waals surface area contributed by atoms with E-state index in [0.717, 1.165) is 5.69 Å². The summed E-state index contributed by atoms with van der Waals surface area (Å²) < 4.78 is 0. The van der Waals surface area contributed by atoms with Gasteiger partial charge in [-0.25, -0.2) is 0 Å². The molecule has 0 aliphatic heterocycles. The summed E-state index contributed by atoms with van der Waals surface area (Å²) in [7, 11) is 0. The molecule has 0 radical (unpaired) electrons. The zero-order valence-corrected chi connectivity index (χ0v) is 10.3. The molecule has 4 heteroatoms. The van der Waals surface area contributed by atoms with Crippen molar-refractivity contribution in [2.45, 2.75) is 19.9 Å². The van der Waals surface area contributed by atoms with E-state index in [-0.39, 0.29) is 25.1 Å². The second-order valence-electron chi connectivity index (χ2n) is 4.33. The van der Waals surface area contributed by atoms with Gasteiger partial charge in [-0.3, -0.25) is 4.79 Å². The van der Waals surface area contributed by atoms with Crippen molar-refractivity contribution in [1.82, 2.24) is 5.32 Å². The first-order valence-electron chi connectivity index (χ1n) is 5.82. The molecule has 4 nitrogen and oxygen atoms in total. The van der Waals surface area contributed by atoms with E-state index in [1.54, 1.807) is 0 Å². The van der Waals surface area contributed by atoms with Gasteiger partial charge in [-0.2, -0.15) is 0 Å². The average Bonchev–Trinajstić information content (AvgIpc) is 2.30. The van der Waals surface area contributed by atoms with E-state index in [1.165, 1.54) is 0 Å². The Balaban J connectivity index is 2.35. The number of aliphatic hydroxyl groups is 1. The smallest absolute Gasteiger partial charge is 0.238 e. The maximum atomic E-state index is 11.6. The van der Waals surface area contributed by atoms with E-state index in [0.29, 0.717) is 5.92 Å². The van der Waals surface area contributed by atoms with Crippen LogP contribution in [0.2, 0.25) is 0 Å². The van der Waals surface area contributed by atoms with Crippen LogP contribution < -0.4 is 10.6 Å². The summed E-state index contributed by atoms with van der Waals surface area (Å²) >= 11 is 0. The van der Waals surface area contributed by atoms with Gasteiger partial charge in [0, 0.05) is 11.7 Å². The lowest BCUT2D eigenvalue weighted by molar-refractivity contribution is -0.115. The van der Waals surface area contributed by atoms with Gasteiger partial charge >= 0.3 is 0 Å². The van der Waals surface area contributed by atoms with Crippen LogP contribution in [-0.4, -0.2) is 30.2 Å². The summed E-state index contributed by atoms with van der Waals surface area (Å²) in [6.45, 7) is 4.25. The van der Waals surface area contributed by atoms with Gasteiger partial charge in [-0.1, -0.05) is 32.0 Å². The molecule has 1 atom stereocenters. The summed E-state index contributed by atoms with van der Waals surface area (Å²) in [6, 6.07) is 9.26. The zero-order valence-electron chi connectivity index (χ0n) is 10.3. The van der Waals surface area contributed by atoms with Crippen molar-refractivity contribution in [1.29, 1.82) is 0 Å². The highest BCUT2D eigenvalue weighted by Gasteiger charge is 2.12. The number of para-hydroxylation sites is 1. The van der Waals surface area contributed by atoms with Crippen LogP contribution in [0.5, 0.6) is 0 Å². The third-order valence-electron chi connectivity index (χ3n) is 2.58. The molecule has 17 heavy (non-hydrogen) atoms. The standard InChI is InChI=1S/C13H20N2O2/c1-10(2)12(9-16)14-8-13(17)15-11-6-4-3-5-7-11/h3-7,10,12,14,16H,8-9H2,1-2H3,(H,15,17)/t12-/m1/s1. The molecule has 1 aromatic rings. The molecule has 0 aromatic heterocycles. The molecule has 0 saturated carbocycles. The molecular weight excluding hydrogens is 216 g/mol. The summed E-state index contributed by atoms with van der Waals surface area (Å²) in [6.07, 6.45) is 0. The third-order valence-corrected chi connectivity index (χ3v) is 2.58. The maximum Gasteiger partial charge on any atom is 0.238 e. The molecule has 0 fully saturated rings. The highest BCUT2D eigenvalue weighted by Crippen LogP contribution is 2.04. The summed E-state index contributed by atoms with van der Waals surface area (Å²) in [4.78, 5) is 11.6. The summed E-state index contributed by atoms with van der Waals surface area (Å²) in [5.41, 5.74) is 0.782. The average molecular weight is 236 g/mol. The minimum atomic E-state index is -0.102. The summed E-state index contributed by atoms with van der Waals surface area (Å²) in [5.74, 6) is 0.194. The Morgan fingerprint density at radius 3 is 2.47 bits per heavy atom. The predicted molar refractivity (Wildman–Crippen MR) is 68.8 cm³/mol. The van der Waals surface area contributed by atoms with Gasteiger partial charge in [0.15, 0.2) is 0 Å². The molecule has 3 N–H and O–H groups in total. The van der Waals surface area contributed by atoms with Crippen molar-refractivity contribution in [2.75, 3.05) is 18.5 Å². The Morgan fingerprint density at radius 2 is 1.94 bits per heavy atom. The van der Waals surface area contributed by atoms with E-state index in [2.05, 4.69) is 10.6 Å². The number of carbonyl (C=O) groups is 1. The van der Waals surface area contributed by atoms with Crippen LogP contribution in [0, 0.1) is 5.92 Å². The Bertz CT molecular complexity index is 339. The van der Waals surface area contributed by atoms with Crippen LogP contribution in [0.1, 0.15) is 13.8 Å². The fraction of sp³-hybridized carbons (Fsp3) is 0.462. The van der Waals surface area contributed by atoms with E-state index < -0.39 is 0 Å². The largest absolute Gasteiger partial charge is 0.395 e. The van der Waals surface area contributed by atoms with E-state index in [4.69, 9.17) is 5.11 Å². The van der Waals surface area contributed by atoms with Gasteiger partial charge < -0.3 is 15.7 Å². The first-order valence-corrected chi connectivity index (χ1v) is 5.82. The highest BCUT2D eigenvalue weighted by molar-refractivity contribution is 5.92. The number of hydrogen-bond donors (Lipinski definition) is 3. The van der Waals surface area contributed by atoms with Crippen LogP contribution in [0.4, 0.5) is 5.69 Å². The number of anilines is 1. The van der Waals surface area contributed by atoms with Gasteiger partial charge in [0.2, 0.25) is 5.91 Å². The van der Waals surface area contributed by atoms with Crippen LogP contribution in [-0.2, 0) is 4.79 Å². The minimum absolute atomic E-state index is 0.0380. The van der Waals surface area contributed by atoms with Crippen molar-refractivity contribution < 1.29 is 9.90 Å². The molecular formula is C13H20N2O2. The van der Waals surface area contributed by atoms with E-state index >= 15 is 0 Å². The van der Waals surface area contributed by atoms with Gasteiger partial charge in [-0.15, -0.1) is 0 Å². The van der Waals surface area contributed by atoms with Crippen LogP contribution in [0.25, 0.3) is 0 Å². The van der Waals surface area contributed by atoms with Crippen LogP contribution in [0.3, 0.4) is 0 Å². The van der Waals surface area contributed by atoms with Gasteiger partial charge in [0.05, 0.1) is 13.2 Å². The maximum absolute atomic E-state index is 11.6. The van der Waals surface area contributed by atoms with E-state index in [1.807, 2.05) is 44.2 Å². The molecule has 0 heterocycles. The molecule has 0 aliphatic rings. The zero-order chi connectivity index (χ0) is 12.7. The second-order valence-corrected chi connectivity index (χ2v) is 4.33. The monoisotopic (exact) mass is 236 g/mol. The quantitative estimate of drug-likeness (QED) is 0.696. The topological polar surface area (TPSA) is 61.4 Å². The number of benzene rings is 1. The van der Waals surface area contributed by atoms with Crippen molar-refractivity contribution in [2.24, 2.45) is 5.92 Å². The lowest BCUT2D eigenvalue weighted by Gasteiger charge is -2.19. The Labute approximate surface area is 102 Å².